The fraction of sp³-hybridized carbons (Fsp3) is 0.714. The fourth-order valence-corrected chi connectivity index (χ4v) is 2.48. The Morgan fingerprint density at radius 1 is 1.62 bits per heavy atom. The summed E-state index contributed by atoms with van der Waals surface area (Å²) >= 11 is 0. The number of methoxy groups -OCH3 is 1. The smallest absolute Gasteiger partial charge is 0.257 e. The number of hydrogen-bond acceptors (Lipinski definition) is 5. The van der Waals surface area contributed by atoms with Gasteiger partial charge >= 0.3 is 0 Å². The molecule has 2 heterocycles. The number of hydrogen-bond donors (Lipinski definition) is 1. The molecule has 0 radical (unpaired) electrons. The molecule has 1 fully saturated rings. The lowest BCUT2D eigenvalue weighted by atomic mass is 10.0. The fourth-order valence-electron chi connectivity index (χ4n) is 2.48. The number of aliphatic hydroxyl groups excluding tert-OH is 1. The molecule has 1 amide bonds. The number of ether oxygens (including phenoxy) is 2. The van der Waals surface area contributed by atoms with E-state index in [4.69, 9.17) is 9.47 Å². The average molecular weight is 297 g/mol. The summed E-state index contributed by atoms with van der Waals surface area (Å²) in [4.78, 5) is 14.0. The van der Waals surface area contributed by atoms with Gasteiger partial charge < -0.3 is 19.5 Å². The maximum absolute atomic E-state index is 12.5. The van der Waals surface area contributed by atoms with Crippen LogP contribution < -0.4 is 0 Å². The summed E-state index contributed by atoms with van der Waals surface area (Å²) in [5, 5.41) is 14.4. The number of carbonyl (C=O) groups is 1. The van der Waals surface area contributed by atoms with Crippen LogP contribution in [0, 0.1) is 0 Å². The van der Waals surface area contributed by atoms with Crippen LogP contribution in [0.25, 0.3) is 0 Å². The predicted molar refractivity (Wildman–Crippen MR) is 76.0 cm³/mol. The number of aromatic nitrogens is 2. The highest BCUT2D eigenvalue weighted by Crippen LogP contribution is 2.18. The van der Waals surface area contributed by atoms with Gasteiger partial charge in [-0.15, -0.1) is 0 Å². The van der Waals surface area contributed by atoms with Crippen molar-refractivity contribution in [3.8, 4) is 0 Å². The summed E-state index contributed by atoms with van der Waals surface area (Å²) in [5.41, 5.74) is 0.512. The van der Waals surface area contributed by atoms with Crippen molar-refractivity contribution in [2.24, 2.45) is 0 Å². The minimum atomic E-state index is -0.761. The summed E-state index contributed by atoms with van der Waals surface area (Å²) in [6.07, 6.45) is 3.06. The first-order chi connectivity index (χ1) is 10.1. The van der Waals surface area contributed by atoms with Gasteiger partial charge in [0.1, 0.15) is 12.2 Å². The largest absolute Gasteiger partial charge is 0.388 e. The molecule has 1 N–H and O–H groups in total. The summed E-state index contributed by atoms with van der Waals surface area (Å²) in [6.45, 7) is 3.46. The van der Waals surface area contributed by atoms with Gasteiger partial charge in [0.25, 0.3) is 5.91 Å². The van der Waals surface area contributed by atoms with E-state index in [-0.39, 0.29) is 5.91 Å². The molecule has 1 aromatic rings. The van der Waals surface area contributed by atoms with Gasteiger partial charge in [-0.05, 0) is 6.42 Å². The molecule has 1 aromatic heterocycles. The van der Waals surface area contributed by atoms with Gasteiger partial charge in [0.15, 0.2) is 0 Å². The molecule has 118 valence electrons. The second-order valence-electron chi connectivity index (χ2n) is 5.28. The Bertz CT molecular complexity index is 477. The topological polar surface area (TPSA) is 76.8 Å². The molecule has 0 aliphatic carbocycles. The Hall–Kier alpha value is -1.44. The van der Waals surface area contributed by atoms with Crippen LogP contribution in [0.1, 0.15) is 23.7 Å². The van der Waals surface area contributed by atoms with Gasteiger partial charge in [0.2, 0.25) is 0 Å². The zero-order valence-corrected chi connectivity index (χ0v) is 12.7. The Labute approximate surface area is 124 Å². The van der Waals surface area contributed by atoms with Gasteiger partial charge in [-0.1, -0.05) is 6.92 Å². The quantitative estimate of drug-likeness (QED) is 0.836. The predicted octanol–water partition coefficient (Wildman–Crippen LogP) is 0.140. The number of amides is 1. The standard InChI is InChI=1S/C14H23N3O4/c1-4-5-17-7-10(6-15-17)14(19)16(2)11-8-21-9-12(20-3)13(11)18/h6-7,11-13,18H,4-5,8-9H2,1-3H3/t11-,12-,13+/m1/s1. The van der Waals surface area contributed by atoms with Crippen molar-refractivity contribution in [2.75, 3.05) is 27.4 Å². The van der Waals surface area contributed by atoms with Crippen molar-refractivity contribution in [3.63, 3.8) is 0 Å². The van der Waals surface area contributed by atoms with Crippen LogP contribution in [-0.4, -0.2) is 71.3 Å². The van der Waals surface area contributed by atoms with Crippen LogP contribution in [0.3, 0.4) is 0 Å². The SMILES string of the molecule is CCCn1cc(C(=O)N(C)[C@@H]2COC[C@@H](OC)[C@H]2O)cn1. The highest BCUT2D eigenvalue weighted by atomic mass is 16.5. The Kier molecular flexibility index (Phi) is 5.33. The second-order valence-corrected chi connectivity index (χ2v) is 5.28. The van der Waals surface area contributed by atoms with E-state index in [1.165, 1.54) is 12.0 Å². The molecule has 0 bridgehead atoms. The average Bonchev–Trinajstić information content (AvgIpc) is 2.95. The monoisotopic (exact) mass is 297 g/mol. The highest BCUT2D eigenvalue weighted by Gasteiger charge is 2.37. The van der Waals surface area contributed by atoms with E-state index in [0.29, 0.717) is 18.8 Å². The van der Waals surface area contributed by atoms with Gasteiger partial charge in [-0.25, -0.2) is 0 Å². The molecular formula is C14H23N3O4. The highest BCUT2D eigenvalue weighted by molar-refractivity contribution is 5.93. The lowest BCUT2D eigenvalue weighted by Crippen LogP contribution is -2.56. The zero-order chi connectivity index (χ0) is 15.4. The lowest BCUT2D eigenvalue weighted by molar-refractivity contribution is -0.135. The minimum Gasteiger partial charge on any atom is -0.388 e. The number of likely N-dealkylation sites (N-methyl/N-ethyl adjacent to an activating group) is 1. The normalized spacial score (nSPS) is 25.8. The van der Waals surface area contributed by atoms with E-state index in [9.17, 15) is 9.90 Å². The van der Waals surface area contributed by atoms with Crippen molar-refractivity contribution in [2.45, 2.75) is 38.1 Å². The van der Waals surface area contributed by atoms with E-state index in [1.807, 2.05) is 0 Å². The molecule has 3 atom stereocenters. The Balaban J connectivity index is 2.06. The van der Waals surface area contributed by atoms with Crippen molar-refractivity contribution in [1.29, 1.82) is 0 Å². The third-order valence-corrected chi connectivity index (χ3v) is 3.80. The van der Waals surface area contributed by atoms with Crippen molar-refractivity contribution < 1.29 is 19.4 Å². The van der Waals surface area contributed by atoms with E-state index >= 15 is 0 Å². The first kappa shape index (κ1) is 15.9. The second kappa shape index (κ2) is 7.02. The number of carbonyl (C=O) groups excluding carboxylic acids is 1. The zero-order valence-electron chi connectivity index (χ0n) is 12.7. The maximum atomic E-state index is 12.5. The van der Waals surface area contributed by atoms with Gasteiger partial charge in [-0.2, -0.15) is 5.10 Å². The van der Waals surface area contributed by atoms with Gasteiger partial charge in [0, 0.05) is 26.9 Å². The van der Waals surface area contributed by atoms with E-state index < -0.39 is 18.2 Å². The minimum absolute atomic E-state index is 0.179. The third-order valence-electron chi connectivity index (χ3n) is 3.80. The maximum Gasteiger partial charge on any atom is 0.257 e. The van der Waals surface area contributed by atoms with Crippen molar-refractivity contribution in [1.82, 2.24) is 14.7 Å². The van der Waals surface area contributed by atoms with Crippen LogP contribution in [0.15, 0.2) is 12.4 Å². The molecule has 21 heavy (non-hydrogen) atoms. The summed E-state index contributed by atoms with van der Waals surface area (Å²) in [7, 11) is 3.19. The Morgan fingerprint density at radius 3 is 3.05 bits per heavy atom. The van der Waals surface area contributed by atoms with Crippen LogP contribution in [0.4, 0.5) is 0 Å². The summed E-state index contributed by atoms with van der Waals surface area (Å²) < 4.78 is 12.3. The Morgan fingerprint density at radius 2 is 2.38 bits per heavy atom. The third kappa shape index (κ3) is 3.42. The number of aliphatic hydroxyl groups is 1. The first-order valence-corrected chi connectivity index (χ1v) is 7.16. The molecule has 7 nitrogen and oxygen atoms in total. The molecule has 1 aliphatic rings. The molecule has 0 saturated carbocycles. The summed E-state index contributed by atoms with van der Waals surface area (Å²) in [6, 6.07) is -0.425. The molecule has 1 saturated heterocycles. The molecule has 2 rings (SSSR count). The number of nitrogens with zero attached hydrogens (tertiary/aromatic N) is 3. The van der Waals surface area contributed by atoms with E-state index in [0.717, 1.165) is 13.0 Å². The van der Waals surface area contributed by atoms with Crippen molar-refractivity contribution in [3.05, 3.63) is 18.0 Å². The molecule has 7 heteroatoms. The number of aryl methyl sites for hydroxylation is 1. The first-order valence-electron chi connectivity index (χ1n) is 7.16. The molecular weight excluding hydrogens is 274 g/mol. The van der Waals surface area contributed by atoms with Crippen LogP contribution in [0.2, 0.25) is 0 Å². The molecule has 0 aromatic carbocycles. The van der Waals surface area contributed by atoms with Crippen molar-refractivity contribution >= 4 is 5.91 Å². The van der Waals surface area contributed by atoms with Gasteiger partial charge in [0.05, 0.1) is 31.0 Å². The van der Waals surface area contributed by atoms with Crippen LogP contribution in [0.5, 0.6) is 0 Å². The molecule has 0 spiro atoms. The molecule has 0 unspecified atom stereocenters. The van der Waals surface area contributed by atoms with Crippen LogP contribution in [-0.2, 0) is 16.0 Å². The van der Waals surface area contributed by atoms with E-state index in [2.05, 4.69) is 12.0 Å². The molecule has 1 aliphatic heterocycles. The van der Waals surface area contributed by atoms with Crippen LogP contribution >= 0.6 is 0 Å². The van der Waals surface area contributed by atoms with Gasteiger partial charge in [-0.3, -0.25) is 9.48 Å². The summed E-state index contributed by atoms with van der Waals surface area (Å²) in [5.74, 6) is -0.179. The van der Waals surface area contributed by atoms with E-state index in [1.54, 1.807) is 24.1 Å². The number of rotatable bonds is 5. The lowest BCUT2D eigenvalue weighted by Gasteiger charge is -2.38.